The van der Waals surface area contributed by atoms with E-state index in [1.54, 1.807) is 12.1 Å². The van der Waals surface area contributed by atoms with Gasteiger partial charge in [-0.05, 0) is 41.5 Å². The largest absolute Gasteiger partial charge is 0.383 e. The van der Waals surface area contributed by atoms with Gasteiger partial charge in [-0.15, -0.1) is 0 Å². The zero-order valence-corrected chi connectivity index (χ0v) is 17.2. The molecular formula is C22H24N2O4S. The van der Waals surface area contributed by atoms with Crippen LogP contribution in [-0.2, 0) is 14.8 Å². The van der Waals surface area contributed by atoms with E-state index < -0.39 is 10.0 Å². The lowest BCUT2D eigenvalue weighted by atomic mass is 9.99. The normalized spacial score (nSPS) is 12.6. The van der Waals surface area contributed by atoms with Crippen LogP contribution in [-0.4, -0.2) is 34.6 Å². The fourth-order valence-electron chi connectivity index (χ4n) is 3.15. The van der Waals surface area contributed by atoms with Gasteiger partial charge in [0.2, 0.25) is 10.0 Å². The predicted molar refractivity (Wildman–Crippen MR) is 113 cm³/mol. The number of methoxy groups -OCH3 is 1. The second-order valence-corrected chi connectivity index (χ2v) is 8.45. The number of hydrogen-bond donors (Lipinski definition) is 2. The molecule has 0 aliphatic rings. The highest BCUT2D eigenvalue weighted by atomic mass is 32.2. The van der Waals surface area contributed by atoms with Gasteiger partial charge in [-0.2, -0.15) is 0 Å². The molecule has 0 radical (unpaired) electrons. The number of carbonyl (C=O) groups is 1. The maximum Gasteiger partial charge on any atom is 0.251 e. The van der Waals surface area contributed by atoms with Crippen LogP contribution in [0, 0.1) is 0 Å². The van der Waals surface area contributed by atoms with Crippen LogP contribution < -0.4 is 10.0 Å². The minimum atomic E-state index is -3.71. The van der Waals surface area contributed by atoms with Crippen molar-refractivity contribution in [1.82, 2.24) is 10.0 Å². The Labute approximate surface area is 170 Å². The summed E-state index contributed by atoms with van der Waals surface area (Å²) >= 11 is 0. The molecule has 6 nitrogen and oxygen atoms in total. The highest BCUT2D eigenvalue weighted by Gasteiger charge is 2.18. The van der Waals surface area contributed by atoms with Gasteiger partial charge in [0.15, 0.2) is 0 Å². The van der Waals surface area contributed by atoms with Crippen LogP contribution in [0.1, 0.15) is 28.9 Å². The zero-order valence-electron chi connectivity index (χ0n) is 16.4. The van der Waals surface area contributed by atoms with E-state index in [2.05, 4.69) is 10.0 Å². The van der Waals surface area contributed by atoms with Gasteiger partial charge in [-0.3, -0.25) is 4.79 Å². The van der Waals surface area contributed by atoms with Gasteiger partial charge in [0, 0.05) is 19.2 Å². The Bertz CT molecular complexity index is 1110. The fourth-order valence-corrected chi connectivity index (χ4v) is 4.21. The first-order chi connectivity index (χ1) is 13.9. The summed E-state index contributed by atoms with van der Waals surface area (Å²) in [7, 11) is -2.21. The van der Waals surface area contributed by atoms with Crippen molar-refractivity contribution in [1.29, 1.82) is 0 Å². The molecule has 1 amide bonds. The summed E-state index contributed by atoms with van der Waals surface area (Å²) < 4.78 is 32.1. The highest BCUT2D eigenvalue weighted by Crippen LogP contribution is 2.24. The summed E-state index contributed by atoms with van der Waals surface area (Å²) in [5.41, 5.74) is 1.29. The van der Waals surface area contributed by atoms with E-state index in [-0.39, 0.29) is 35.6 Å². The molecule has 0 aliphatic heterocycles. The molecule has 3 rings (SSSR count). The number of ether oxygens (including phenoxy) is 1. The molecule has 0 spiro atoms. The van der Waals surface area contributed by atoms with Crippen LogP contribution in [0.4, 0.5) is 0 Å². The van der Waals surface area contributed by atoms with Crippen molar-refractivity contribution < 1.29 is 17.9 Å². The topological polar surface area (TPSA) is 84.5 Å². The summed E-state index contributed by atoms with van der Waals surface area (Å²) in [6.07, 6.45) is 0. The third kappa shape index (κ3) is 5.00. The maximum atomic E-state index is 12.8. The Morgan fingerprint density at radius 3 is 2.55 bits per heavy atom. The van der Waals surface area contributed by atoms with Gasteiger partial charge >= 0.3 is 0 Å². The molecule has 0 aromatic heterocycles. The van der Waals surface area contributed by atoms with E-state index in [4.69, 9.17) is 4.74 Å². The molecule has 0 bridgehead atoms. The van der Waals surface area contributed by atoms with Gasteiger partial charge in [0.25, 0.3) is 5.91 Å². The van der Waals surface area contributed by atoms with Crippen molar-refractivity contribution in [3.05, 3.63) is 77.9 Å². The van der Waals surface area contributed by atoms with Crippen molar-refractivity contribution in [3.63, 3.8) is 0 Å². The number of rotatable bonds is 8. The minimum Gasteiger partial charge on any atom is -0.383 e. The number of carbonyl (C=O) groups excluding carboxylic acids is 1. The van der Waals surface area contributed by atoms with Gasteiger partial charge in [0.05, 0.1) is 17.5 Å². The molecular weight excluding hydrogens is 388 g/mol. The molecule has 3 aromatic carbocycles. The fraction of sp³-hybridized carbons (Fsp3) is 0.227. The lowest BCUT2D eigenvalue weighted by Gasteiger charge is -2.17. The molecule has 0 fully saturated rings. The summed E-state index contributed by atoms with van der Waals surface area (Å²) in [4.78, 5) is 12.8. The van der Waals surface area contributed by atoms with Crippen molar-refractivity contribution in [2.75, 3.05) is 20.3 Å². The zero-order chi connectivity index (χ0) is 20.9. The van der Waals surface area contributed by atoms with Crippen LogP contribution in [0.5, 0.6) is 0 Å². The average Bonchev–Trinajstić information content (AvgIpc) is 2.73. The van der Waals surface area contributed by atoms with Crippen molar-refractivity contribution in [2.45, 2.75) is 17.9 Å². The molecule has 29 heavy (non-hydrogen) atoms. The van der Waals surface area contributed by atoms with E-state index in [0.29, 0.717) is 0 Å². The number of sulfonamides is 1. The third-order valence-corrected chi connectivity index (χ3v) is 6.10. The van der Waals surface area contributed by atoms with E-state index in [1.165, 1.54) is 19.2 Å². The second kappa shape index (κ2) is 9.17. The average molecular weight is 413 g/mol. The Kier molecular flexibility index (Phi) is 6.64. The quantitative estimate of drug-likeness (QED) is 0.556. The van der Waals surface area contributed by atoms with E-state index >= 15 is 0 Å². The minimum absolute atomic E-state index is 0.0408. The molecule has 0 saturated heterocycles. The first-order valence-electron chi connectivity index (χ1n) is 9.29. The monoisotopic (exact) mass is 412 g/mol. The lowest BCUT2D eigenvalue weighted by Crippen LogP contribution is -2.29. The third-order valence-electron chi connectivity index (χ3n) is 4.64. The Balaban J connectivity index is 1.79. The second-order valence-electron chi connectivity index (χ2n) is 6.68. The van der Waals surface area contributed by atoms with Crippen LogP contribution >= 0.6 is 0 Å². The van der Waals surface area contributed by atoms with E-state index in [0.717, 1.165) is 16.3 Å². The number of benzene rings is 3. The maximum absolute atomic E-state index is 12.8. The van der Waals surface area contributed by atoms with Crippen LogP contribution in [0.2, 0.25) is 0 Å². The van der Waals surface area contributed by atoms with E-state index in [1.807, 2.05) is 49.4 Å². The molecule has 3 aromatic rings. The number of hydrogen-bond acceptors (Lipinski definition) is 4. The Morgan fingerprint density at radius 1 is 1.03 bits per heavy atom. The molecule has 0 saturated carbocycles. The summed E-state index contributed by atoms with van der Waals surface area (Å²) in [5.74, 6) is -0.334. The first-order valence-corrected chi connectivity index (χ1v) is 10.8. The van der Waals surface area contributed by atoms with Crippen molar-refractivity contribution in [2.24, 2.45) is 0 Å². The molecule has 2 N–H and O–H groups in total. The molecule has 1 atom stereocenters. The van der Waals surface area contributed by atoms with Crippen LogP contribution in [0.15, 0.2) is 71.6 Å². The van der Waals surface area contributed by atoms with Crippen LogP contribution in [0.25, 0.3) is 10.8 Å². The molecule has 0 heterocycles. The smallest absolute Gasteiger partial charge is 0.251 e. The van der Waals surface area contributed by atoms with Crippen LogP contribution in [0.3, 0.4) is 0 Å². The lowest BCUT2D eigenvalue weighted by molar-refractivity contribution is 0.0940. The van der Waals surface area contributed by atoms with Gasteiger partial charge < -0.3 is 10.1 Å². The molecule has 1 unspecified atom stereocenters. The Morgan fingerprint density at radius 2 is 1.76 bits per heavy atom. The standard InChI is InChI=1S/C22H24N2O4S/c1-16(20-12-6-8-17-7-3-4-11-21(17)20)24-22(25)18-9-5-10-19(15-18)29(26,27)23-13-14-28-2/h3-12,15-16,23H,13-14H2,1-2H3,(H,24,25). The first kappa shape index (κ1) is 21.0. The van der Waals surface area contributed by atoms with E-state index in [9.17, 15) is 13.2 Å². The Hall–Kier alpha value is -2.74. The summed E-state index contributed by atoms with van der Waals surface area (Å²) in [6.45, 7) is 2.34. The summed E-state index contributed by atoms with van der Waals surface area (Å²) in [6, 6.07) is 19.7. The molecule has 0 aliphatic carbocycles. The molecule has 7 heteroatoms. The van der Waals surface area contributed by atoms with Gasteiger partial charge in [-0.1, -0.05) is 48.5 Å². The number of nitrogens with one attached hydrogen (secondary N) is 2. The number of amides is 1. The van der Waals surface area contributed by atoms with Crippen molar-refractivity contribution in [3.8, 4) is 0 Å². The van der Waals surface area contributed by atoms with Gasteiger partial charge in [-0.25, -0.2) is 13.1 Å². The highest BCUT2D eigenvalue weighted by molar-refractivity contribution is 7.89. The predicted octanol–water partition coefficient (Wildman–Crippen LogP) is 3.26. The molecule has 152 valence electrons. The van der Waals surface area contributed by atoms with Crippen molar-refractivity contribution >= 4 is 26.7 Å². The number of fused-ring (bicyclic) bond motifs is 1. The SMILES string of the molecule is COCCNS(=O)(=O)c1cccc(C(=O)NC(C)c2cccc3ccccc23)c1. The summed E-state index contributed by atoms with van der Waals surface area (Å²) in [5, 5.41) is 5.13. The van der Waals surface area contributed by atoms with Gasteiger partial charge in [0.1, 0.15) is 0 Å².